The molecular formula is C17H15NO3S2. The van der Waals surface area contributed by atoms with E-state index in [-0.39, 0.29) is 0 Å². The van der Waals surface area contributed by atoms with Gasteiger partial charge in [-0.05, 0) is 29.5 Å². The number of fused-ring (bicyclic) bond motifs is 1. The average Bonchev–Trinajstić information content (AvgIpc) is 3.24. The van der Waals surface area contributed by atoms with E-state index in [0.29, 0.717) is 23.7 Å². The topological polar surface area (TPSA) is 50.5 Å². The summed E-state index contributed by atoms with van der Waals surface area (Å²) in [5, 5.41) is 1.78. The van der Waals surface area contributed by atoms with E-state index >= 15 is 0 Å². The van der Waals surface area contributed by atoms with Crippen LogP contribution >= 0.6 is 11.3 Å². The Bertz CT molecular complexity index is 912. The van der Waals surface area contributed by atoms with E-state index in [2.05, 4.69) is 0 Å². The molecule has 0 amide bonds. The highest BCUT2D eigenvalue weighted by Gasteiger charge is 2.31. The Morgan fingerprint density at radius 2 is 1.91 bits per heavy atom. The van der Waals surface area contributed by atoms with Crippen molar-refractivity contribution in [1.29, 1.82) is 0 Å². The fourth-order valence-electron chi connectivity index (χ4n) is 2.78. The molecule has 0 atom stereocenters. The first-order valence-electron chi connectivity index (χ1n) is 7.35. The van der Waals surface area contributed by atoms with Crippen molar-refractivity contribution in [3.8, 4) is 11.3 Å². The van der Waals surface area contributed by atoms with E-state index in [0.717, 1.165) is 22.6 Å². The monoisotopic (exact) mass is 345 g/mol. The molecule has 4 nitrogen and oxygen atoms in total. The molecule has 0 radical (unpaired) electrons. The molecule has 23 heavy (non-hydrogen) atoms. The summed E-state index contributed by atoms with van der Waals surface area (Å²) in [5.74, 6) is 1.54. The van der Waals surface area contributed by atoms with Crippen molar-refractivity contribution in [1.82, 2.24) is 4.31 Å². The molecule has 0 saturated heterocycles. The van der Waals surface area contributed by atoms with Crippen LogP contribution in [0.5, 0.6) is 0 Å². The van der Waals surface area contributed by atoms with Crippen molar-refractivity contribution in [2.45, 2.75) is 17.2 Å². The van der Waals surface area contributed by atoms with Crippen LogP contribution in [-0.4, -0.2) is 19.3 Å². The minimum Gasteiger partial charge on any atom is -0.459 e. The van der Waals surface area contributed by atoms with Gasteiger partial charge in [-0.2, -0.15) is 4.31 Å². The molecule has 0 aliphatic carbocycles. The maximum Gasteiger partial charge on any atom is 0.252 e. The van der Waals surface area contributed by atoms with Crippen LogP contribution < -0.4 is 0 Å². The van der Waals surface area contributed by atoms with Crippen LogP contribution in [0.25, 0.3) is 11.3 Å². The van der Waals surface area contributed by atoms with Gasteiger partial charge in [0.25, 0.3) is 10.0 Å². The molecule has 0 unspecified atom stereocenters. The number of thiophene rings is 1. The number of hydrogen-bond donors (Lipinski definition) is 0. The third kappa shape index (κ3) is 2.63. The van der Waals surface area contributed by atoms with Gasteiger partial charge in [-0.1, -0.05) is 36.4 Å². The summed E-state index contributed by atoms with van der Waals surface area (Å²) < 4.78 is 33.1. The Morgan fingerprint density at radius 1 is 1.09 bits per heavy atom. The van der Waals surface area contributed by atoms with Gasteiger partial charge in [0.2, 0.25) is 0 Å². The molecule has 0 spiro atoms. The summed E-state index contributed by atoms with van der Waals surface area (Å²) in [4.78, 5) is 0. The zero-order valence-electron chi connectivity index (χ0n) is 12.3. The molecule has 3 aromatic rings. The first-order valence-corrected chi connectivity index (χ1v) is 9.67. The highest BCUT2D eigenvalue weighted by atomic mass is 32.2. The maximum absolute atomic E-state index is 12.6. The number of nitrogens with zero attached hydrogens (tertiary/aromatic N) is 1. The van der Waals surface area contributed by atoms with E-state index < -0.39 is 10.0 Å². The van der Waals surface area contributed by atoms with E-state index in [4.69, 9.17) is 4.42 Å². The Morgan fingerprint density at radius 3 is 2.65 bits per heavy atom. The van der Waals surface area contributed by atoms with Gasteiger partial charge in [0.05, 0.1) is 6.54 Å². The lowest BCUT2D eigenvalue weighted by atomic mass is 10.1. The largest absolute Gasteiger partial charge is 0.459 e. The molecule has 118 valence electrons. The van der Waals surface area contributed by atoms with E-state index in [1.54, 1.807) is 17.5 Å². The standard InChI is InChI=1S/C17H15NO3S2/c19-23(20,17-7-4-10-22-17)18-9-8-14-11-15(21-16(14)12-18)13-5-2-1-3-6-13/h1-7,10-11H,8-9,12H2. The smallest absolute Gasteiger partial charge is 0.252 e. The van der Waals surface area contributed by atoms with Gasteiger partial charge in [-0.3, -0.25) is 0 Å². The second-order valence-electron chi connectivity index (χ2n) is 5.45. The second kappa shape index (κ2) is 5.63. The van der Waals surface area contributed by atoms with Crippen LogP contribution in [0.1, 0.15) is 11.3 Å². The minimum atomic E-state index is -3.42. The predicted molar refractivity (Wildman–Crippen MR) is 89.8 cm³/mol. The number of benzene rings is 1. The van der Waals surface area contributed by atoms with Gasteiger partial charge in [-0.15, -0.1) is 11.3 Å². The maximum atomic E-state index is 12.6. The van der Waals surface area contributed by atoms with E-state index in [1.165, 1.54) is 15.6 Å². The normalized spacial score (nSPS) is 15.5. The minimum absolute atomic E-state index is 0.294. The Hall–Kier alpha value is -1.89. The lowest BCUT2D eigenvalue weighted by Crippen LogP contribution is -2.35. The summed E-state index contributed by atoms with van der Waals surface area (Å²) in [6, 6.07) is 15.3. The Labute approximate surface area is 139 Å². The molecule has 3 heterocycles. The van der Waals surface area contributed by atoms with Crippen molar-refractivity contribution < 1.29 is 12.8 Å². The summed E-state index contributed by atoms with van der Waals surface area (Å²) in [7, 11) is -3.42. The van der Waals surface area contributed by atoms with Gasteiger partial charge in [0.1, 0.15) is 15.7 Å². The van der Waals surface area contributed by atoms with Gasteiger partial charge in [0, 0.05) is 12.1 Å². The highest BCUT2D eigenvalue weighted by Crippen LogP contribution is 2.32. The zero-order chi connectivity index (χ0) is 15.9. The van der Waals surface area contributed by atoms with Gasteiger partial charge < -0.3 is 4.42 Å². The molecule has 0 saturated carbocycles. The highest BCUT2D eigenvalue weighted by molar-refractivity contribution is 7.91. The summed E-state index contributed by atoms with van der Waals surface area (Å²) >= 11 is 1.25. The summed E-state index contributed by atoms with van der Waals surface area (Å²) in [6.45, 7) is 0.781. The molecule has 1 aliphatic heterocycles. The van der Waals surface area contributed by atoms with Crippen molar-refractivity contribution in [2.24, 2.45) is 0 Å². The zero-order valence-corrected chi connectivity index (χ0v) is 13.9. The van der Waals surface area contributed by atoms with E-state index in [9.17, 15) is 8.42 Å². The third-order valence-electron chi connectivity index (χ3n) is 3.99. The van der Waals surface area contributed by atoms with Gasteiger partial charge in [-0.25, -0.2) is 8.42 Å². The average molecular weight is 345 g/mol. The number of furan rings is 1. The molecular weight excluding hydrogens is 330 g/mol. The molecule has 0 bridgehead atoms. The van der Waals surface area contributed by atoms with Gasteiger partial charge >= 0.3 is 0 Å². The molecule has 0 fully saturated rings. The van der Waals surface area contributed by atoms with Crippen molar-refractivity contribution >= 4 is 21.4 Å². The van der Waals surface area contributed by atoms with E-state index in [1.807, 2.05) is 36.4 Å². The quantitative estimate of drug-likeness (QED) is 0.726. The van der Waals surface area contributed by atoms with Crippen LogP contribution in [0.3, 0.4) is 0 Å². The molecule has 0 N–H and O–H groups in total. The van der Waals surface area contributed by atoms with Crippen molar-refractivity contribution in [3.05, 3.63) is 65.2 Å². The van der Waals surface area contributed by atoms with Crippen LogP contribution in [0, 0.1) is 0 Å². The number of sulfonamides is 1. The Balaban J connectivity index is 1.64. The third-order valence-corrected chi connectivity index (χ3v) is 7.21. The Kier molecular flexibility index (Phi) is 3.60. The number of hydrogen-bond acceptors (Lipinski definition) is 4. The summed E-state index contributed by atoms with van der Waals surface area (Å²) in [5.41, 5.74) is 2.11. The summed E-state index contributed by atoms with van der Waals surface area (Å²) in [6.07, 6.45) is 0.677. The van der Waals surface area contributed by atoms with Gasteiger partial charge in [0.15, 0.2) is 0 Å². The first-order chi connectivity index (χ1) is 11.1. The first kappa shape index (κ1) is 14.7. The van der Waals surface area contributed by atoms with Crippen molar-refractivity contribution in [2.75, 3.05) is 6.54 Å². The molecule has 6 heteroatoms. The van der Waals surface area contributed by atoms with Crippen LogP contribution in [0.4, 0.5) is 0 Å². The lowest BCUT2D eigenvalue weighted by Gasteiger charge is -2.24. The fourth-order valence-corrected chi connectivity index (χ4v) is 5.33. The second-order valence-corrected chi connectivity index (χ2v) is 8.56. The molecule has 2 aromatic heterocycles. The predicted octanol–water partition coefficient (Wildman–Crippen LogP) is 3.76. The van der Waals surface area contributed by atoms with Crippen LogP contribution in [0.15, 0.2) is 62.5 Å². The molecule has 1 aliphatic rings. The lowest BCUT2D eigenvalue weighted by molar-refractivity contribution is 0.346. The SMILES string of the molecule is O=S(=O)(c1cccs1)N1CCc2cc(-c3ccccc3)oc2C1. The van der Waals surface area contributed by atoms with Crippen LogP contribution in [-0.2, 0) is 23.0 Å². The molecule has 4 rings (SSSR count). The van der Waals surface area contributed by atoms with Crippen LogP contribution in [0.2, 0.25) is 0 Å². The fraction of sp³-hybridized carbons (Fsp3) is 0.176. The number of rotatable bonds is 3. The van der Waals surface area contributed by atoms with Crippen molar-refractivity contribution in [3.63, 3.8) is 0 Å². The molecule has 1 aromatic carbocycles.